The Labute approximate surface area is 142 Å². The van der Waals surface area contributed by atoms with E-state index in [4.69, 9.17) is 12.2 Å². The van der Waals surface area contributed by atoms with Crippen molar-refractivity contribution in [3.8, 4) is 5.75 Å². The predicted octanol–water partition coefficient (Wildman–Crippen LogP) is 4.34. The zero-order valence-electron chi connectivity index (χ0n) is 12.0. The first-order valence-electron chi connectivity index (χ1n) is 7.35. The third-order valence-corrected chi connectivity index (χ3v) is 4.71. The molecule has 1 aromatic heterocycles. The lowest BCUT2D eigenvalue weighted by Gasteiger charge is -2.19. The van der Waals surface area contributed by atoms with Gasteiger partial charge in [-0.15, -0.1) is 0 Å². The number of aromatic hydroxyl groups is 1. The maximum Gasteiger partial charge on any atom is 0.216 e. The Bertz CT molecular complexity index is 746. The molecule has 7 heteroatoms. The minimum Gasteiger partial charge on any atom is -0.507 e. The molecule has 0 amide bonds. The normalized spacial score (nSPS) is 16.4. The van der Waals surface area contributed by atoms with Gasteiger partial charge in [0.15, 0.2) is 5.82 Å². The third-order valence-electron chi connectivity index (χ3n) is 3.95. The fourth-order valence-electron chi connectivity index (χ4n) is 2.79. The van der Waals surface area contributed by atoms with Crippen LogP contribution in [0.25, 0.3) is 0 Å². The van der Waals surface area contributed by atoms with Crippen molar-refractivity contribution in [2.45, 2.75) is 38.0 Å². The maximum absolute atomic E-state index is 9.88. The van der Waals surface area contributed by atoms with Crippen molar-refractivity contribution in [1.82, 2.24) is 14.9 Å². The van der Waals surface area contributed by atoms with Crippen LogP contribution in [0.3, 0.4) is 0 Å². The molecule has 1 fully saturated rings. The summed E-state index contributed by atoms with van der Waals surface area (Å²) in [7, 11) is 0. The van der Waals surface area contributed by atoms with Crippen LogP contribution < -0.4 is 0 Å². The van der Waals surface area contributed by atoms with Crippen LogP contribution >= 0.6 is 28.1 Å². The highest BCUT2D eigenvalue weighted by Crippen LogP contribution is 2.31. The van der Waals surface area contributed by atoms with Gasteiger partial charge in [-0.2, -0.15) is 14.9 Å². The van der Waals surface area contributed by atoms with Gasteiger partial charge in [-0.1, -0.05) is 35.2 Å². The Hall–Kier alpha value is -1.47. The van der Waals surface area contributed by atoms with Gasteiger partial charge in [0.05, 0.1) is 6.21 Å². The van der Waals surface area contributed by atoms with Crippen LogP contribution in [0.15, 0.2) is 27.8 Å². The number of nitrogens with one attached hydrogen (secondary N) is 1. The summed E-state index contributed by atoms with van der Waals surface area (Å²) in [4.78, 5) is 0. The van der Waals surface area contributed by atoms with E-state index < -0.39 is 0 Å². The summed E-state index contributed by atoms with van der Waals surface area (Å²) >= 11 is 8.66. The van der Waals surface area contributed by atoms with Gasteiger partial charge in [0.1, 0.15) is 5.75 Å². The maximum atomic E-state index is 9.88. The fraction of sp³-hybridized carbons (Fsp3) is 0.400. The molecule has 1 saturated carbocycles. The molecule has 0 saturated heterocycles. The molecule has 5 nitrogen and oxygen atoms in total. The number of phenolic OH excluding ortho intramolecular Hbond substituents is 1. The fourth-order valence-corrected chi connectivity index (χ4v) is 3.35. The zero-order valence-corrected chi connectivity index (χ0v) is 14.4. The number of nitrogens with zero attached hydrogens (tertiary/aromatic N) is 3. The summed E-state index contributed by atoms with van der Waals surface area (Å²) in [5, 5.41) is 21.5. The molecule has 1 aliphatic carbocycles. The summed E-state index contributed by atoms with van der Waals surface area (Å²) in [6, 6.07) is 5.22. The number of hydrogen-bond donors (Lipinski definition) is 2. The van der Waals surface area contributed by atoms with Gasteiger partial charge < -0.3 is 5.11 Å². The first kappa shape index (κ1) is 15.4. The van der Waals surface area contributed by atoms with Gasteiger partial charge >= 0.3 is 0 Å². The van der Waals surface area contributed by atoms with Crippen LogP contribution in [-0.2, 0) is 0 Å². The molecule has 3 rings (SSSR count). The van der Waals surface area contributed by atoms with Gasteiger partial charge in [0.2, 0.25) is 4.77 Å². The highest BCUT2D eigenvalue weighted by molar-refractivity contribution is 9.10. The summed E-state index contributed by atoms with van der Waals surface area (Å²) in [6.45, 7) is 0. The molecule has 2 N–H and O–H groups in total. The van der Waals surface area contributed by atoms with Crippen molar-refractivity contribution >= 4 is 34.4 Å². The van der Waals surface area contributed by atoms with Crippen molar-refractivity contribution in [2.75, 3.05) is 0 Å². The third kappa shape index (κ3) is 3.30. The van der Waals surface area contributed by atoms with Crippen LogP contribution in [-0.4, -0.2) is 26.2 Å². The number of halogens is 1. The Morgan fingerprint density at radius 3 is 2.91 bits per heavy atom. The second-order valence-corrected chi connectivity index (χ2v) is 6.78. The van der Waals surface area contributed by atoms with Crippen molar-refractivity contribution in [3.05, 3.63) is 38.8 Å². The molecule has 0 bridgehead atoms. The van der Waals surface area contributed by atoms with Crippen LogP contribution in [0.4, 0.5) is 0 Å². The van der Waals surface area contributed by atoms with E-state index in [9.17, 15) is 5.11 Å². The average molecular weight is 381 g/mol. The van der Waals surface area contributed by atoms with Gasteiger partial charge in [0.25, 0.3) is 0 Å². The molecule has 0 aliphatic heterocycles. The van der Waals surface area contributed by atoms with Gasteiger partial charge in [0, 0.05) is 16.0 Å². The molecule has 0 unspecified atom stereocenters. The molecule has 0 atom stereocenters. The number of rotatable bonds is 3. The first-order valence-corrected chi connectivity index (χ1v) is 8.55. The van der Waals surface area contributed by atoms with E-state index in [0.29, 0.717) is 16.3 Å². The minimum absolute atomic E-state index is 0.182. The molecule has 0 radical (unpaired) electrons. The number of hydrogen-bond acceptors (Lipinski definition) is 4. The Kier molecular flexibility index (Phi) is 4.73. The lowest BCUT2D eigenvalue weighted by atomic mass is 9.89. The molecule has 116 valence electrons. The minimum atomic E-state index is 0.182. The lowest BCUT2D eigenvalue weighted by Crippen LogP contribution is -2.10. The van der Waals surface area contributed by atoms with E-state index in [0.717, 1.165) is 23.1 Å². The summed E-state index contributed by atoms with van der Waals surface area (Å²) in [6.07, 6.45) is 7.59. The van der Waals surface area contributed by atoms with E-state index in [1.54, 1.807) is 23.0 Å². The van der Waals surface area contributed by atoms with E-state index in [2.05, 4.69) is 31.2 Å². The average Bonchev–Trinajstić information content (AvgIpc) is 2.90. The van der Waals surface area contributed by atoms with Gasteiger partial charge in [-0.05, 0) is 43.3 Å². The van der Waals surface area contributed by atoms with E-state index in [1.807, 2.05) is 6.07 Å². The first-order chi connectivity index (χ1) is 10.6. The monoisotopic (exact) mass is 380 g/mol. The lowest BCUT2D eigenvalue weighted by molar-refractivity contribution is 0.419. The van der Waals surface area contributed by atoms with Gasteiger partial charge in [-0.25, -0.2) is 0 Å². The van der Waals surface area contributed by atoms with Gasteiger partial charge in [-0.3, -0.25) is 5.10 Å². The summed E-state index contributed by atoms with van der Waals surface area (Å²) in [5.41, 5.74) is 0.632. The standard InChI is InChI=1S/C15H17BrN4OS/c16-12-6-7-13(21)11(8-12)9-17-20-14(18-19-15(20)22)10-4-2-1-3-5-10/h6-10,21H,1-5H2,(H,19,22). The van der Waals surface area contributed by atoms with Crippen LogP contribution in [0, 0.1) is 4.77 Å². The SMILES string of the molecule is Oc1ccc(Br)cc1C=Nn1c(C2CCCCC2)n[nH]c1=S. The number of phenols is 1. The summed E-state index contributed by atoms with van der Waals surface area (Å²) in [5.74, 6) is 1.46. The Balaban J connectivity index is 1.91. The molecule has 0 spiro atoms. The zero-order chi connectivity index (χ0) is 15.5. The van der Waals surface area contributed by atoms with Crippen molar-refractivity contribution in [1.29, 1.82) is 0 Å². The van der Waals surface area contributed by atoms with Crippen molar-refractivity contribution in [2.24, 2.45) is 5.10 Å². The number of H-pyrrole nitrogens is 1. The molecular formula is C15H17BrN4OS. The van der Waals surface area contributed by atoms with E-state index in [-0.39, 0.29) is 5.75 Å². The molecular weight excluding hydrogens is 364 g/mol. The molecule has 1 aromatic carbocycles. The number of aromatic nitrogens is 3. The number of benzene rings is 1. The molecule has 1 aliphatic rings. The second-order valence-electron chi connectivity index (χ2n) is 5.48. The summed E-state index contributed by atoms with van der Waals surface area (Å²) < 4.78 is 3.03. The highest BCUT2D eigenvalue weighted by atomic mass is 79.9. The largest absolute Gasteiger partial charge is 0.507 e. The predicted molar refractivity (Wildman–Crippen MR) is 92.0 cm³/mol. The Morgan fingerprint density at radius 1 is 1.36 bits per heavy atom. The molecule has 1 heterocycles. The van der Waals surface area contributed by atoms with Crippen LogP contribution in [0.1, 0.15) is 49.4 Å². The highest BCUT2D eigenvalue weighted by Gasteiger charge is 2.21. The molecule has 22 heavy (non-hydrogen) atoms. The Morgan fingerprint density at radius 2 is 2.14 bits per heavy atom. The molecule has 2 aromatic rings. The number of aromatic amines is 1. The topological polar surface area (TPSA) is 66.2 Å². The quantitative estimate of drug-likeness (QED) is 0.614. The van der Waals surface area contributed by atoms with Crippen LogP contribution in [0.2, 0.25) is 0 Å². The van der Waals surface area contributed by atoms with Crippen LogP contribution in [0.5, 0.6) is 5.75 Å². The second kappa shape index (κ2) is 6.75. The van der Waals surface area contributed by atoms with Crippen molar-refractivity contribution < 1.29 is 5.11 Å². The van der Waals surface area contributed by atoms with Crippen molar-refractivity contribution in [3.63, 3.8) is 0 Å². The smallest absolute Gasteiger partial charge is 0.216 e. The van der Waals surface area contributed by atoms with E-state index >= 15 is 0 Å². The van der Waals surface area contributed by atoms with E-state index in [1.165, 1.54) is 19.3 Å².